The fourth-order valence-corrected chi connectivity index (χ4v) is 1.66. The van der Waals surface area contributed by atoms with Crippen LogP contribution in [0.5, 0.6) is 0 Å². The number of nitrogens with zero attached hydrogens (tertiary/aromatic N) is 1. The van der Waals surface area contributed by atoms with Gasteiger partial charge in [0.25, 0.3) is 0 Å². The van der Waals surface area contributed by atoms with E-state index in [1.54, 1.807) is 0 Å². The number of aliphatic imine (C=N–C) groups is 1. The Hall–Kier alpha value is -1.03. The van der Waals surface area contributed by atoms with Crippen molar-refractivity contribution < 1.29 is 4.74 Å². The Morgan fingerprint density at radius 1 is 1.47 bits per heavy atom. The van der Waals surface area contributed by atoms with E-state index in [1.807, 2.05) is 7.05 Å². The highest BCUT2D eigenvalue weighted by Crippen LogP contribution is 2.10. The molecule has 0 aromatic carbocycles. The summed E-state index contributed by atoms with van der Waals surface area (Å²) < 4.78 is 5.28. The predicted octanol–water partition coefficient (Wildman–Crippen LogP) is 1.54. The van der Waals surface area contributed by atoms with Crippen LogP contribution in [-0.2, 0) is 4.74 Å². The van der Waals surface area contributed by atoms with Crippen LogP contribution in [0.2, 0.25) is 0 Å². The zero-order valence-electron chi connectivity index (χ0n) is 11.3. The smallest absolute Gasteiger partial charge is 0.190 e. The first kappa shape index (κ1) is 14.0. The van der Waals surface area contributed by atoms with Crippen molar-refractivity contribution in [3.63, 3.8) is 0 Å². The molecule has 98 valence electrons. The third-order valence-electron chi connectivity index (χ3n) is 2.70. The zero-order valence-corrected chi connectivity index (χ0v) is 11.3. The summed E-state index contributed by atoms with van der Waals surface area (Å²) in [6, 6.07) is 0. The summed E-state index contributed by atoms with van der Waals surface area (Å²) in [4.78, 5) is 4.19. The van der Waals surface area contributed by atoms with Gasteiger partial charge in [-0.2, -0.15) is 0 Å². The second-order valence-corrected chi connectivity index (χ2v) is 4.71. The molecule has 0 spiro atoms. The van der Waals surface area contributed by atoms with Crippen LogP contribution in [0, 0.1) is 5.92 Å². The predicted molar refractivity (Wildman–Crippen MR) is 72.3 cm³/mol. The lowest BCUT2D eigenvalue weighted by Gasteiger charge is -2.16. The summed E-state index contributed by atoms with van der Waals surface area (Å²) >= 11 is 0. The maximum Gasteiger partial charge on any atom is 0.190 e. The van der Waals surface area contributed by atoms with Gasteiger partial charge in [0.2, 0.25) is 0 Å². The number of nitrogens with one attached hydrogen (secondary N) is 2. The molecule has 4 heteroatoms. The lowest BCUT2D eigenvalue weighted by molar-refractivity contribution is 0.153. The molecular weight excluding hydrogens is 214 g/mol. The molecule has 0 aromatic heterocycles. The standard InChI is InChI=1S/C13H25N3O/c1-11(2)10-16-13(14-3)15-7-4-12-5-8-17-9-6-12/h5,11H,4,6-10H2,1-3H3,(H2,14,15,16). The molecule has 0 amide bonds. The fraction of sp³-hybridized carbons (Fsp3) is 0.769. The minimum Gasteiger partial charge on any atom is -0.377 e. The Balaban J connectivity index is 2.17. The SMILES string of the molecule is CN=C(NCCC1=CCOCC1)NCC(C)C. The summed E-state index contributed by atoms with van der Waals surface area (Å²) in [6.07, 6.45) is 4.33. The summed E-state index contributed by atoms with van der Waals surface area (Å²) in [6.45, 7) is 7.90. The fourth-order valence-electron chi connectivity index (χ4n) is 1.66. The van der Waals surface area contributed by atoms with E-state index in [0.717, 1.165) is 45.1 Å². The van der Waals surface area contributed by atoms with Crippen molar-refractivity contribution in [2.24, 2.45) is 10.9 Å². The first-order chi connectivity index (χ1) is 8.22. The van der Waals surface area contributed by atoms with Crippen LogP contribution in [0.15, 0.2) is 16.6 Å². The molecule has 0 saturated heterocycles. The molecule has 0 saturated carbocycles. The van der Waals surface area contributed by atoms with Crippen LogP contribution in [0.3, 0.4) is 0 Å². The topological polar surface area (TPSA) is 45.7 Å². The molecule has 1 aliphatic rings. The molecule has 0 aliphatic carbocycles. The Morgan fingerprint density at radius 2 is 2.29 bits per heavy atom. The Labute approximate surface area is 105 Å². The monoisotopic (exact) mass is 239 g/mol. The van der Waals surface area contributed by atoms with Gasteiger partial charge in [0.15, 0.2) is 5.96 Å². The van der Waals surface area contributed by atoms with Gasteiger partial charge < -0.3 is 15.4 Å². The van der Waals surface area contributed by atoms with Gasteiger partial charge in [-0.1, -0.05) is 25.5 Å². The highest BCUT2D eigenvalue weighted by molar-refractivity contribution is 5.79. The Kier molecular flexibility index (Phi) is 6.70. The lowest BCUT2D eigenvalue weighted by atomic mass is 10.1. The highest BCUT2D eigenvalue weighted by atomic mass is 16.5. The first-order valence-electron chi connectivity index (χ1n) is 6.42. The van der Waals surface area contributed by atoms with Crippen molar-refractivity contribution in [3.8, 4) is 0 Å². The summed E-state index contributed by atoms with van der Waals surface area (Å²) in [5.41, 5.74) is 1.49. The van der Waals surface area contributed by atoms with E-state index in [0.29, 0.717) is 5.92 Å². The van der Waals surface area contributed by atoms with Gasteiger partial charge in [-0.25, -0.2) is 0 Å². The number of ether oxygens (including phenoxy) is 1. The molecule has 0 fully saturated rings. The van der Waals surface area contributed by atoms with Gasteiger partial charge in [0.1, 0.15) is 0 Å². The van der Waals surface area contributed by atoms with E-state index < -0.39 is 0 Å². The molecule has 0 radical (unpaired) electrons. The summed E-state index contributed by atoms with van der Waals surface area (Å²) in [7, 11) is 1.81. The van der Waals surface area contributed by atoms with Crippen LogP contribution < -0.4 is 10.6 Å². The van der Waals surface area contributed by atoms with Gasteiger partial charge in [0.05, 0.1) is 13.2 Å². The minimum atomic E-state index is 0.631. The van der Waals surface area contributed by atoms with Gasteiger partial charge in [-0.05, 0) is 18.8 Å². The first-order valence-corrected chi connectivity index (χ1v) is 6.42. The molecule has 2 N–H and O–H groups in total. The molecule has 1 rings (SSSR count). The molecule has 0 unspecified atom stereocenters. The summed E-state index contributed by atoms with van der Waals surface area (Å²) in [5.74, 6) is 1.53. The van der Waals surface area contributed by atoms with Crippen LogP contribution in [0.4, 0.5) is 0 Å². The third kappa shape index (κ3) is 6.31. The number of guanidine groups is 1. The van der Waals surface area contributed by atoms with E-state index >= 15 is 0 Å². The lowest BCUT2D eigenvalue weighted by Crippen LogP contribution is -2.39. The zero-order chi connectivity index (χ0) is 12.5. The van der Waals surface area contributed by atoms with Gasteiger partial charge in [-0.3, -0.25) is 4.99 Å². The molecular formula is C13H25N3O. The van der Waals surface area contributed by atoms with Crippen molar-refractivity contribution in [1.29, 1.82) is 0 Å². The molecule has 0 aromatic rings. The number of hydrogen-bond acceptors (Lipinski definition) is 2. The summed E-state index contributed by atoms with van der Waals surface area (Å²) in [5, 5.41) is 6.63. The van der Waals surface area contributed by atoms with E-state index in [4.69, 9.17) is 4.74 Å². The molecule has 1 aliphatic heterocycles. The molecule has 17 heavy (non-hydrogen) atoms. The number of hydrogen-bond donors (Lipinski definition) is 2. The van der Waals surface area contributed by atoms with Crippen molar-refractivity contribution >= 4 is 5.96 Å². The van der Waals surface area contributed by atoms with E-state index in [2.05, 4.69) is 35.5 Å². The minimum absolute atomic E-state index is 0.631. The van der Waals surface area contributed by atoms with Crippen molar-refractivity contribution in [3.05, 3.63) is 11.6 Å². The van der Waals surface area contributed by atoms with E-state index in [-0.39, 0.29) is 0 Å². The Morgan fingerprint density at radius 3 is 2.88 bits per heavy atom. The number of rotatable bonds is 5. The highest BCUT2D eigenvalue weighted by Gasteiger charge is 2.04. The largest absolute Gasteiger partial charge is 0.377 e. The quantitative estimate of drug-likeness (QED) is 0.434. The third-order valence-corrected chi connectivity index (χ3v) is 2.70. The van der Waals surface area contributed by atoms with Crippen molar-refractivity contribution in [1.82, 2.24) is 10.6 Å². The second-order valence-electron chi connectivity index (χ2n) is 4.71. The van der Waals surface area contributed by atoms with Crippen molar-refractivity contribution in [2.45, 2.75) is 26.7 Å². The van der Waals surface area contributed by atoms with Crippen molar-refractivity contribution in [2.75, 3.05) is 33.4 Å². The average molecular weight is 239 g/mol. The molecule has 0 bridgehead atoms. The van der Waals surface area contributed by atoms with Crippen LogP contribution >= 0.6 is 0 Å². The molecule has 0 atom stereocenters. The van der Waals surface area contributed by atoms with E-state index in [9.17, 15) is 0 Å². The second kappa shape index (κ2) is 8.12. The average Bonchev–Trinajstić information content (AvgIpc) is 2.34. The van der Waals surface area contributed by atoms with Crippen LogP contribution in [0.1, 0.15) is 26.7 Å². The van der Waals surface area contributed by atoms with E-state index in [1.165, 1.54) is 5.57 Å². The maximum absolute atomic E-state index is 5.28. The van der Waals surface area contributed by atoms with Gasteiger partial charge in [-0.15, -0.1) is 0 Å². The van der Waals surface area contributed by atoms with Crippen LogP contribution in [0.25, 0.3) is 0 Å². The molecule has 1 heterocycles. The van der Waals surface area contributed by atoms with Crippen LogP contribution in [-0.4, -0.2) is 39.3 Å². The van der Waals surface area contributed by atoms with Gasteiger partial charge >= 0.3 is 0 Å². The Bertz CT molecular complexity index is 272. The normalized spacial score (nSPS) is 16.9. The molecule has 4 nitrogen and oxygen atoms in total. The maximum atomic E-state index is 5.28. The van der Waals surface area contributed by atoms with Gasteiger partial charge in [0, 0.05) is 20.1 Å².